The molecule has 1 rings (SSSR count). The molecule has 0 aromatic heterocycles. The normalized spacial score (nSPS) is 11.9. The van der Waals surface area contributed by atoms with Crippen LogP contribution in [0.25, 0.3) is 0 Å². The molecule has 0 radical (unpaired) electrons. The van der Waals surface area contributed by atoms with Gasteiger partial charge in [-0.3, -0.25) is 0 Å². The summed E-state index contributed by atoms with van der Waals surface area (Å²) in [5.41, 5.74) is 2.38. The Kier molecular flexibility index (Phi) is 4.95. The van der Waals surface area contributed by atoms with E-state index < -0.39 is 5.97 Å². The van der Waals surface area contributed by atoms with Crippen molar-refractivity contribution >= 4 is 11.7 Å². The maximum atomic E-state index is 10.9. The van der Waals surface area contributed by atoms with Crippen molar-refractivity contribution in [2.24, 2.45) is 0 Å². The average Bonchev–Trinajstić information content (AvgIpc) is 2.39. The summed E-state index contributed by atoms with van der Waals surface area (Å²) >= 11 is 0. The summed E-state index contributed by atoms with van der Waals surface area (Å²) in [5.74, 6) is -1.09. The van der Waals surface area contributed by atoms with Gasteiger partial charge in [-0.25, -0.2) is 4.79 Å². The van der Waals surface area contributed by atoms with Crippen LogP contribution in [0.15, 0.2) is 36.4 Å². The van der Waals surface area contributed by atoms with Crippen LogP contribution in [-0.2, 0) is 4.79 Å². The summed E-state index contributed by atoms with van der Waals surface area (Å²) in [6.07, 6.45) is 0. The lowest BCUT2D eigenvalue weighted by Gasteiger charge is -2.22. The van der Waals surface area contributed by atoms with Crippen LogP contribution in [0.2, 0.25) is 0 Å². The van der Waals surface area contributed by atoms with Crippen LogP contribution in [0.3, 0.4) is 0 Å². The van der Waals surface area contributed by atoms with Gasteiger partial charge in [0.05, 0.1) is 0 Å². The number of nitrogens with zero attached hydrogens (tertiary/aromatic N) is 1. The molecule has 1 aromatic rings. The fourth-order valence-electron chi connectivity index (χ4n) is 1.95. The third kappa shape index (κ3) is 3.13. The van der Waals surface area contributed by atoms with Crippen LogP contribution >= 0.6 is 0 Å². The molecule has 1 aromatic carbocycles. The van der Waals surface area contributed by atoms with E-state index in [4.69, 9.17) is 5.11 Å². The lowest BCUT2D eigenvalue weighted by atomic mass is 9.94. The molecule has 1 atom stereocenters. The SMILES string of the molecule is C=C(C(=O)O)C(C)c1ccc(N(CC)CC)cc1. The zero-order chi connectivity index (χ0) is 13.7. The molecule has 1 unspecified atom stereocenters. The number of carbonyl (C=O) groups is 1. The van der Waals surface area contributed by atoms with Crippen LogP contribution in [0.1, 0.15) is 32.3 Å². The lowest BCUT2D eigenvalue weighted by Crippen LogP contribution is -2.21. The lowest BCUT2D eigenvalue weighted by molar-refractivity contribution is -0.132. The molecular weight excluding hydrogens is 226 g/mol. The van der Waals surface area contributed by atoms with Crippen molar-refractivity contribution in [1.29, 1.82) is 0 Å². The smallest absolute Gasteiger partial charge is 0.331 e. The number of benzene rings is 1. The minimum atomic E-state index is -0.935. The number of anilines is 1. The summed E-state index contributed by atoms with van der Waals surface area (Å²) in [7, 11) is 0. The van der Waals surface area contributed by atoms with Crippen molar-refractivity contribution in [1.82, 2.24) is 0 Å². The Bertz CT molecular complexity index is 419. The van der Waals surface area contributed by atoms with Crippen molar-refractivity contribution in [2.75, 3.05) is 18.0 Å². The topological polar surface area (TPSA) is 40.5 Å². The Morgan fingerprint density at radius 3 is 2.17 bits per heavy atom. The van der Waals surface area contributed by atoms with Crippen LogP contribution < -0.4 is 4.90 Å². The van der Waals surface area contributed by atoms with Gasteiger partial charge in [0.1, 0.15) is 0 Å². The Morgan fingerprint density at radius 2 is 1.78 bits per heavy atom. The van der Waals surface area contributed by atoms with Gasteiger partial charge in [0.25, 0.3) is 0 Å². The average molecular weight is 247 g/mol. The second-order valence-corrected chi connectivity index (χ2v) is 4.32. The summed E-state index contributed by atoms with van der Waals surface area (Å²) in [4.78, 5) is 13.1. The minimum absolute atomic E-state index is 0.159. The molecule has 0 aliphatic carbocycles. The Balaban J connectivity index is 2.89. The first-order chi connectivity index (χ1) is 8.51. The van der Waals surface area contributed by atoms with Gasteiger partial charge < -0.3 is 10.0 Å². The first-order valence-corrected chi connectivity index (χ1v) is 6.28. The zero-order valence-electron chi connectivity index (χ0n) is 11.3. The monoisotopic (exact) mass is 247 g/mol. The van der Waals surface area contributed by atoms with Crippen molar-refractivity contribution in [3.8, 4) is 0 Å². The van der Waals surface area contributed by atoms with Gasteiger partial charge >= 0.3 is 5.97 Å². The molecule has 0 aliphatic rings. The highest BCUT2D eigenvalue weighted by Gasteiger charge is 2.15. The number of aliphatic carboxylic acids is 1. The van der Waals surface area contributed by atoms with Crippen LogP contribution in [0.4, 0.5) is 5.69 Å². The number of rotatable bonds is 6. The standard InChI is InChI=1S/C15H21NO2/c1-5-16(6-2)14-9-7-13(8-10-14)11(3)12(4)15(17)18/h7-11H,4-6H2,1-3H3,(H,17,18). The summed E-state index contributed by atoms with van der Waals surface area (Å²) in [5, 5.41) is 8.92. The molecule has 0 amide bonds. The summed E-state index contributed by atoms with van der Waals surface area (Å²) < 4.78 is 0. The number of carboxylic acid groups (broad SMARTS) is 1. The Hall–Kier alpha value is -1.77. The third-order valence-corrected chi connectivity index (χ3v) is 3.32. The predicted molar refractivity (Wildman–Crippen MR) is 75.2 cm³/mol. The second-order valence-electron chi connectivity index (χ2n) is 4.32. The molecule has 3 heteroatoms. The van der Waals surface area contributed by atoms with E-state index in [1.54, 1.807) is 0 Å². The summed E-state index contributed by atoms with van der Waals surface area (Å²) in [6.45, 7) is 11.6. The first kappa shape index (κ1) is 14.3. The molecule has 0 spiro atoms. The molecule has 0 fully saturated rings. The fraction of sp³-hybridized carbons (Fsp3) is 0.400. The maximum Gasteiger partial charge on any atom is 0.331 e. The molecule has 0 saturated heterocycles. The van der Waals surface area contributed by atoms with E-state index in [1.165, 1.54) is 0 Å². The maximum absolute atomic E-state index is 10.9. The van der Waals surface area contributed by atoms with E-state index in [-0.39, 0.29) is 11.5 Å². The zero-order valence-corrected chi connectivity index (χ0v) is 11.3. The summed E-state index contributed by atoms with van der Waals surface area (Å²) in [6, 6.07) is 8.03. The van der Waals surface area contributed by atoms with Crippen molar-refractivity contribution < 1.29 is 9.90 Å². The Labute approximate surface area is 109 Å². The number of hydrogen-bond donors (Lipinski definition) is 1. The highest BCUT2D eigenvalue weighted by atomic mass is 16.4. The van der Waals surface area contributed by atoms with Crippen molar-refractivity contribution in [3.05, 3.63) is 42.0 Å². The van der Waals surface area contributed by atoms with E-state index in [0.29, 0.717) is 0 Å². The highest BCUT2D eigenvalue weighted by molar-refractivity contribution is 5.87. The number of carboxylic acids is 1. The highest BCUT2D eigenvalue weighted by Crippen LogP contribution is 2.25. The van der Waals surface area contributed by atoms with Gasteiger partial charge in [-0.1, -0.05) is 25.6 Å². The van der Waals surface area contributed by atoms with E-state index in [9.17, 15) is 4.79 Å². The van der Waals surface area contributed by atoms with Crippen molar-refractivity contribution in [3.63, 3.8) is 0 Å². The molecule has 0 saturated carbocycles. The predicted octanol–water partition coefficient (Wildman–Crippen LogP) is 3.28. The van der Waals surface area contributed by atoms with Gasteiger partial charge in [-0.05, 0) is 31.5 Å². The third-order valence-electron chi connectivity index (χ3n) is 3.32. The molecule has 18 heavy (non-hydrogen) atoms. The fourth-order valence-corrected chi connectivity index (χ4v) is 1.95. The van der Waals surface area contributed by atoms with Gasteiger partial charge in [-0.2, -0.15) is 0 Å². The molecular formula is C15H21NO2. The molecule has 0 heterocycles. The van der Waals surface area contributed by atoms with Gasteiger partial charge in [0, 0.05) is 30.3 Å². The van der Waals surface area contributed by atoms with E-state index in [2.05, 4.69) is 25.3 Å². The molecule has 0 bridgehead atoms. The quantitative estimate of drug-likeness (QED) is 0.784. The van der Waals surface area contributed by atoms with Crippen LogP contribution in [0, 0.1) is 0 Å². The number of hydrogen-bond acceptors (Lipinski definition) is 2. The molecule has 1 N–H and O–H groups in total. The van der Waals surface area contributed by atoms with E-state index in [0.717, 1.165) is 24.3 Å². The van der Waals surface area contributed by atoms with Crippen LogP contribution in [0.5, 0.6) is 0 Å². The van der Waals surface area contributed by atoms with Gasteiger partial charge in [-0.15, -0.1) is 0 Å². The molecule has 0 aliphatic heterocycles. The van der Waals surface area contributed by atoms with Crippen molar-refractivity contribution in [2.45, 2.75) is 26.7 Å². The first-order valence-electron chi connectivity index (χ1n) is 6.28. The van der Waals surface area contributed by atoms with Crippen LogP contribution in [-0.4, -0.2) is 24.2 Å². The molecule has 3 nitrogen and oxygen atoms in total. The van der Waals surface area contributed by atoms with E-state index >= 15 is 0 Å². The minimum Gasteiger partial charge on any atom is -0.478 e. The molecule has 98 valence electrons. The largest absolute Gasteiger partial charge is 0.478 e. The Morgan fingerprint density at radius 1 is 1.28 bits per heavy atom. The van der Waals surface area contributed by atoms with E-state index in [1.807, 2.05) is 31.2 Å². The van der Waals surface area contributed by atoms with Gasteiger partial charge in [0.2, 0.25) is 0 Å². The van der Waals surface area contributed by atoms with Gasteiger partial charge in [0.15, 0.2) is 0 Å². The second kappa shape index (κ2) is 6.24.